The van der Waals surface area contributed by atoms with Crippen LogP contribution in [-0.4, -0.2) is 54.7 Å². The van der Waals surface area contributed by atoms with Gasteiger partial charge in [-0.15, -0.1) is 0 Å². The maximum Gasteiger partial charge on any atom is 0.317 e. The molecule has 1 aromatic heterocycles. The summed E-state index contributed by atoms with van der Waals surface area (Å²) in [4.78, 5) is 12.6. The summed E-state index contributed by atoms with van der Waals surface area (Å²) in [5.41, 5.74) is 0.640. The van der Waals surface area contributed by atoms with E-state index in [2.05, 4.69) is 9.88 Å². The van der Waals surface area contributed by atoms with E-state index < -0.39 is 16.0 Å². The third-order valence-corrected chi connectivity index (χ3v) is 5.09. The summed E-state index contributed by atoms with van der Waals surface area (Å²) in [5, 5.41) is 12.5. The van der Waals surface area contributed by atoms with Crippen molar-refractivity contribution in [2.75, 3.05) is 13.1 Å². The third-order valence-electron chi connectivity index (χ3n) is 3.73. The van der Waals surface area contributed by atoms with Crippen molar-refractivity contribution in [2.24, 2.45) is 0 Å². The van der Waals surface area contributed by atoms with Crippen molar-refractivity contribution in [3.63, 3.8) is 0 Å². The minimum absolute atomic E-state index is 0.0159. The molecule has 0 radical (unpaired) electrons. The van der Waals surface area contributed by atoms with E-state index in [-0.39, 0.29) is 24.4 Å². The van der Waals surface area contributed by atoms with Gasteiger partial charge in [-0.05, 0) is 26.3 Å². The van der Waals surface area contributed by atoms with E-state index in [1.807, 2.05) is 11.8 Å². The summed E-state index contributed by atoms with van der Waals surface area (Å²) in [6.07, 6.45) is 1.24. The van der Waals surface area contributed by atoms with Crippen molar-refractivity contribution in [1.82, 2.24) is 14.8 Å². The Morgan fingerprint density at radius 1 is 1.55 bits per heavy atom. The summed E-state index contributed by atoms with van der Waals surface area (Å²) < 4.78 is 31.6. The lowest BCUT2D eigenvalue weighted by molar-refractivity contribution is -0.139. The second-order valence-electron chi connectivity index (χ2n) is 5.59. The molecule has 0 aromatic carbocycles. The highest BCUT2D eigenvalue weighted by atomic mass is 32.2. The summed E-state index contributed by atoms with van der Waals surface area (Å²) in [7, 11) is -3.48. The molecule has 0 spiro atoms. The monoisotopic (exact) mass is 331 g/mol. The van der Waals surface area contributed by atoms with E-state index in [9.17, 15) is 13.2 Å². The van der Waals surface area contributed by atoms with Gasteiger partial charge in [-0.3, -0.25) is 9.69 Å². The number of hydrogen-bond donors (Lipinski definition) is 2. The SMILES string of the molecule is CCN(CC(=O)O)C1CC(NS(=O)(=O)Cc2cc(C)no2)C1. The van der Waals surface area contributed by atoms with Crippen LogP contribution in [0.5, 0.6) is 0 Å². The average Bonchev–Trinajstić information content (AvgIpc) is 2.75. The molecule has 0 bridgehead atoms. The quantitative estimate of drug-likeness (QED) is 0.706. The van der Waals surface area contributed by atoms with E-state index in [0.717, 1.165) is 0 Å². The first-order valence-electron chi connectivity index (χ1n) is 7.17. The lowest BCUT2D eigenvalue weighted by atomic mass is 9.86. The molecule has 0 atom stereocenters. The minimum atomic E-state index is -3.48. The molecular weight excluding hydrogens is 310 g/mol. The number of aliphatic carboxylic acids is 1. The second kappa shape index (κ2) is 6.76. The normalized spacial score (nSPS) is 21.8. The Labute approximate surface area is 129 Å². The first kappa shape index (κ1) is 16.9. The highest BCUT2D eigenvalue weighted by Crippen LogP contribution is 2.26. The number of carboxylic acid groups (broad SMARTS) is 1. The van der Waals surface area contributed by atoms with Crippen molar-refractivity contribution in [3.8, 4) is 0 Å². The molecule has 0 saturated heterocycles. The van der Waals surface area contributed by atoms with Crippen molar-refractivity contribution in [2.45, 2.75) is 44.5 Å². The average molecular weight is 331 g/mol. The summed E-state index contributed by atoms with van der Waals surface area (Å²) in [6.45, 7) is 4.24. The highest BCUT2D eigenvalue weighted by molar-refractivity contribution is 7.88. The summed E-state index contributed by atoms with van der Waals surface area (Å²) in [6, 6.07) is 1.55. The standard InChI is InChI=1S/C13H21N3O5S/c1-3-16(7-13(17)18)11-5-10(6-11)15-22(19,20)8-12-4-9(2)14-21-12/h4,10-11,15H,3,5-8H2,1-2H3,(H,17,18). The molecular formula is C13H21N3O5S. The van der Waals surface area contributed by atoms with Crippen LogP contribution >= 0.6 is 0 Å². The molecule has 9 heteroatoms. The van der Waals surface area contributed by atoms with E-state index >= 15 is 0 Å². The van der Waals surface area contributed by atoms with E-state index in [1.165, 1.54) is 0 Å². The molecule has 8 nitrogen and oxygen atoms in total. The Bertz CT molecular complexity index is 621. The van der Waals surface area contributed by atoms with E-state index in [4.69, 9.17) is 9.63 Å². The Morgan fingerprint density at radius 3 is 2.73 bits per heavy atom. The fraction of sp³-hybridized carbons (Fsp3) is 0.692. The van der Waals surface area contributed by atoms with Crippen LogP contribution in [0, 0.1) is 6.92 Å². The fourth-order valence-electron chi connectivity index (χ4n) is 2.62. The molecule has 0 amide bonds. The third kappa shape index (κ3) is 4.52. The molecule has 2 rings (SSSR count). The van der Waals surface area contributed by atoms with Gasteiger partial charge in [0.2, 0.25) is 10.0 Å². The van der Waals surface area contributed by atoms with Crippen LogP contribution in [0.1, 0.15) is 31.2 Å². The number of sulfonamides is 1. The zero-order chi connectivity index (χ0) is 16.3. The van der Waals surface area contributed by atoms with Gasteiger partial charge in [-0.1, -0.05) is 12.1 Å². The van der Waals surface area contributed by atoms with Crippen molar-refractivity contribution < 1.29 is 22.8 Å². The molecule has 2 N–H and O–H groups in total. The maximum absolute atomic E-state index is 12.0. The summed E-state index contributed by atoms with van der Waals surface area (Å²) >= 11 is 0. The van der Waals surface area contributed by atoms with Crippen LogP contribution in [0.3, 0.4) is 0 Å². The number of likely N-dealkylation sites (N-methyl/N-ethyl adjacent to an activating group) is 1. The molecule has 124 valence electrons. The van der Waals surface area contributed by atoms with Crippen LogP contribution < -0.4 is 4.72 Å². The number of nitrogens with zero attached hydrogens (tertiary/aromatic N) is 2. The number of rotatable bonds is 8. The van der Waals surface area contributed by atoms with Crippen LogP contribution in [0.4, 0.5) is 0 Å². The minimum Gasteiger partial charge on any atom is -0.480 e. The predicted octanol–water partition coefficient (Wildman–Crippen LogP) is 0.340. The Balaban J connectivity index is 1.82. The Kier molecular flexibility index (Phi) is 5.20. The van der Waals surface area contributed by atoms with E-state index in [0.29, 0.717) is 30.8 Å². The van der Waals surface area contributed by atoms with Crippen LogP contribution in [0.25, 0.3) is 0 Å². The molecule has 1 aliphatic rings. The Morgan fingerprint density at radius 2 is 2.23 bits per heavy atom. The maximum atomic E-state index is 12.0. The van der Waals surface area contributed by atoms with Gasteiger partial charge in [0, 0.05) is 18.2 Å². The predicted molar refractivity (Wildman–Crippen MR) is 78.7 cm³/mol. The number of hydrogen-bond acceptors (Lipinski definition) is 6. The van der Waals surface area contributed by atoms with Gasteiger partial charge in [0.05, 0.1) is 12.2 Å². The largest absolute Gasteiger partial charge is 0.480 e. The van der Waals surface area contributed by atoms with Crippen LogP contribution in [0.2, 0.25) is 0 Å². The molecule has 1 heterocycles. The Hall–Kier alpha value is -1.45. The van der Waals surface area contributed by atoms with Gasteiger partial charge < -0.3 is 9.63 Å². The lowest BCUT2D eigenvalue weighted by Gasteiger charge is -2.42. The van der Waals surface area contributed by atoms with Crippen molar-refractivity contribution >= 4 is 16.0 Å². The van der Waals surface area contributed by atoms with Gasteiger partial charge in [-0.25, -0.2) is 13.1 Å². The van der Waals surface area contributed by atoms with Gasteiger partial charge in [-0.2, -0.15) is 0 Å². The first-order chi connectivity index (χ1) is 10.3. The number of carboxylic acids is 1. The zero-order valence-corrected chi connectivity index (χ0v) is 13.5. The number of aryl methyl sites for hydroxylation is 1. The number of aromatic nitrogens is 1. The van der Waals surface area contributed by atoms with Crippen LogP contribution in [-0.2, 0) is 20.6 Å². The molecule has 1 saturated carbocycles. The van der Waals surface area contributed by atoms with Gasteiger partial charge in [0.25, 0.3) is 0 Å². The van der Waals surface area contributed by atoms with Crippen molar-refractivity contribution in [1.29, 1.82) is 0 Å². The van der Waals surface area contributed by atoms with Crippen LogP contribution in [0.15, 0.2) is 10.6 Å². The number of nitrogens with one attached hydrogen (secondary N) is 1. The fourth-order valence-corrected chi connectivity index (χ4v) is 3.92. The molecule has 0 unspecified atom stereocenters. The van der Waals surface area contributed by atoms with Gasteiger partial charge in [0.15, 0.2) is 5.76 Å². The van der Waals surface area contributed by atoms with Crippen molar-refractivity contribution in [3.05, 3.63) is 17.5 Å². The summed E-state index contributed by atoms with van der Waals surface area (Å²) in [5.74, 6) is -0.796. The smallest absolute Gasteiger partial charge is 0.317 e. The topological polar surface area (TPSA) is 113 Å². The molecule has 1 fully saturated rings. The number of carbonyl (C=O) groups is 1. The molecule has 0 aliphatic heterocycles. The molecule has 1 aliphatic carbocycles. The highest BCUT2D eigenvalue weighted by Gasteiger charge is 2.36. The second-order valence-corrected chi connectivity index (χ2v) is 7.34. The zero-order valence-electron chi connectivity index (χ0n) is 12.7. The lowest BCUT2D eigenvalue weighted by Crippen LogP contribution is -2.54. The van der Waals surface area contributed by atoms with E-state index in [1.54, 1.807) is 13.0 Å². The van der Waals surface area contributed by atoms with Gasteiger partial charge >= 0.3 is 5.97 Å². The molecule has 1 aromatic rings. The molecule has 22 heavy (non-hydrogen) atoms. The van der Waals surface area contributed by atoms with Gasteiger partial charge in [0.1, 0.15) is 5.75 Å². The first-order valence-corrected chi connectivity index (χ1v) is 8.82.